The Hall–Kier alpha value is -2.64. The number of ether oxygens (including phenoxy) is 1. The van der Waals surface area contributed by atoms with Gasteiger partial charge in [0.1, 0.15) is 11.3 Å². The van der Waals surface area contributed by atoms with Crippen LogP contribution in [0.4, 0.5) is 5.95 Å². The molecule has 128 valence electrons. The van der Waals surface area contributed by atoms with Crippen LogP contribution in [0.2, 0.25) is 0 Å². The van der Waals surface area contributed by atoms with Crippen molar-refractivity contribution in [1.29, 1.82) is 0 Å². The predicted octanol–water partition coefficient (Wildman–Crippen LogP) is 1.31. The van der Waals surface area contributed by atoms with E-state index < -0.39 is 0 Å². The van der Waals surface area contributed by atoms with Crippen LogP contribution in [0.15, 0.2) is 16.8 Å². The van der Waals surface area contributed by atoms with Crippen molar-refractivity contribution in [2.75, 3.05) is 38.2 Å². The van der Waals surface area contributed by atoms with Gasteiger partial charge in [-0.25, -0.2) is 4.98 Å². The van der Waals surface area contributed by atoms with Crippen molar-refractivity contribution in [3.05, 3.63) is 29.3 Å². The molecule has 0 spiro atoms. The third-order valence-electron chi connectivity index (χ3n) is 4.16. The second kappa shape index (κ2) is 6.86. The van der Waals surface area contributed by atoms with Crippen LogP contribution in [-0.4, -0.2) is 59.2 Å². The van der Waals surface area contributed by atoms with Crippen LogP contribution >= 0.6 is 0 Å². The summed E-state index contributed by atoms with van der Waals surface area (Å²) >= 11 is 0. The molecule has 24 heavy (non-hydrogen) atoms. The number of anilines is 1. The molecule has 1 aliphatic rings. The lowest BCUT2D eigenvalue weighted by molar-refractivity contribution is 0.0743. The Morgan fingerprint density at radius 1 is 1.33 bits per heavy atom. The van der Waals surface area contributed by atoms with E-state index in [4.69, 9.17) is 9.26 Å². The van der Waals surface area contributed by atoms with Gasteiger partial charge >= 0.3 is 0 Å². The van der Waals surface area contributed by atoms with Gasteiger partial charge in [-0.2, -0.15) is 4.98 Å². The zero-order chi connectivity index (χ0) is 17.1. The number of amides is 1. The molecule has 1 amide bonds. The molecular formula is C16H21N5O3. The highest BCUT2D eigenvalue weighted by Gasteiger charge is 2.28. The van der Waals surface area contributed by atoms with Crippen LogP contribution in [0.25, 0.3) is 0 Å². The largest absolute Gasteiger partial charge is 0.481 e. The minimum absolute atomic E-state index is 0.0168. The van der Waals surface area contributed by atoms with Crippen molar-refractivity contribution in [1.82, 2.24) is 20.0 Å². The minimum atomic E-state index is -0.0168. The number of hydrogen-bond donors (Lipinski definition) is 0. The van der Waals surface area contributed by atoms with Gasteiger partial charge in [-0.3, -0.25) is 4.79 Å². The molecule has 3 rings (SSSR count). The smallest absolute Gasteiger partial charge is 0.259 e. The Balaban J connectivity index is 1.68. The summed E-state index contributed by atoms with van der Waals surface area (Å²) in [6.07, 6.45) is 2.35. The third kappa shape index (κ3) is 3.04. The van der Waals surface area contributed by atoms with Crippen LogP contribution < -0.4 is 9.64 Å². The zero-order valence-corrected chi connectivity index (χ0v) is 14.2. The van der Waals surface area contributed by atoms with Gasteiger partial charge in [-0.05, 0) is 13.3 Å². The number of methoxy groups -OCH3 is 1. The molecule has 2 aromatic heterocycles. The molecule has 2 aromatic rings. The van der Waals surface area contributed by atoms with Gasteiger partial charge in [0.15, 0.2) is 0 Å². The van der Waals surface area contributed by atoms with E-state index in [1.807, 2.05) is 16.7 Å². The molecular weight excluding hydrogens is 310 g/mol. The van der Waals surface area contributed by atoms with Crippen LogP contribution in [0.5, 0.6) is 5.88 Å². The number of carbonyl (C=O) groups excluding carboxylic acids is 1. The summed E-state index contributed by atoms with van der Waals surface area (Å²) in [4.78, 5) is 25.3. The third-order valence-corrected chi connectivity index (χ3v) is 4.16. The number of rotatable bonds is 4. The molecule has 8 nitrogen and oxygen atoms in total. The molecule has 1 saturated heterocycles. The Labute approximate surface area is 140 Å². The van der Waals surface area contributed by atoms with Crippen molar-refractivity contribution >= 4 is 11.9 Å². The number of carbonyl (C=O) groups is 1. The first-order chi connectivity index (χ1) is 11.6. The summed E-state index contributed by atoms with van der Waals surface area (Å²) in [6.45, 7) is 6.29. The standard InChI is InChI=1S/C16H21N5O3/c1-4-12-14(11(2)24-19-12)15(22)20-7-9-21(10-8-20)16-17-6-5-13(18-16)23-3/h5-6H,4,7-10H2,1-3H3. The number of aryl methyl sites for hydroxylation is 2. The van der Waals surface area contributed by atoms with Gasteiger partial charge in [0.05, 0.1) is 12.8 Å². The first-order valence-corrected chi connectivity index (χ1v) is 8.00. The second-order valence-corrected chi connectivity index (χ2v) is 5.59. The maximum absolute atomic E-state index is 12.8. The van der Waals surface area contributed by atoms with Crippen molar-refractivity contribution in [3.8, 4) is 5.88 Å². The maximum atomic E-state index is 12.8. The van der Waals surface area contributed by atoms with Crippen LogP contribution in [0.3, 0.4) is 0 Å². The Morgan fingerprint density at radius 3 is 2.75 bits per heavy atom. The first kappa shape index (κ1) is 16.2. The molecule has 0 aromatic carbocycles. The molecule has 1 fully saturated rings. The van der Waals surface area contributed by atoms with Crippen LogP contribution in [0.1, 0.15) is 28.7 Å². The number of aromatic nitrogens is 3. The van der Waals surface area contributed by atoms with Crippen molar-refractivity contribution < 1.29 is 14.1 Å². The van der Waals surface area contributed by atoms with E-state index in [1.54, 1.807) is 26.3 Å². The summed E-state index contributed by atoms with van der Waals surface area (Å²) in [5.74, 6) is 1.72. The zero-order valence-electron chi connectivity index (χ0n) is 14.2. The van der Waals surface area contributed by atoms with Crippen LogP contribution in [0, 0.1) is 6.92 Å². The maximum Gasteiger partial charge on any atom is 0.259 e. The summed E-state index contributed by atoms with van der Waals surface area (Å²) in [5, 5.41) is 3.96. The molecule has 0 aliphatic carbocycles. The predicted molar refractivity (Wildman–Crippen MR) is 87.3 cm³/mol. The molecule has 0 N–H and O–H groups in total. The van der Waals surface area contributed by atoms with Crippen molar-refractivity contribution in [3.63, 3.8) is 0 Å². The first-order valence-electron chi connectivity index (χ1n) is 8.00. The molecule has 0 radical (unpaired) electrons. The van der Waals surface area contributed by atoms with Gasteiger partial charge in [-0.1, -0.05) is 12.1 Å². The molecule has 3 heterocycles. The summed E-state index contributed by atoms with van der Waals surface area (Å²) in [6, 6.07) is 1.71. The Bertz CT molecular complexity index is 722. The molecule has 0 saturated carbocycles. The number of hydrogen-bond acceptors (Lipinski definition) is 7. The second-order valence-electron chi connectivity index (χ2n) is 5.59. The van der Waals surface area contributed by atoms with E-state index in [0.29, 0.717) is 55.8 Å². The van der Waals surface area contributed by atoms with E-state index in [-0.39, 0.29) is 5.91 Å². The Morgan fingerprint density at radius 2 is 2.08 bits per heavy atom. The molecule has 0 atom stereocenters. The SMILES string of the molecule is CCc1noc(C)c1C(=O)N1CCN(c2nccc(OC)n2)CC1. The highest BCUT2D eigenvalue weighted by molar-refractivity contribution is 5.96. The molecule has 0 unspecified atom stereocenters. The highest BCUT2D eigenvalue weighted by atomic mass is 16.5. The van der Waals surface area contributed by atoms with E-state index in [2.05, 4.69) is 15.1 Å². The quantitative estimate of drug-likeness (QED) is 0.835. The fraction of sp³-hybridized carbons (Fsp3) is 0.500. The lowest BCUT2D eigenvalue weighted by Gasteiger charge is -2.34. The normalized spacial score (nSPS) is 14.8. The highest BCUT2D eigenvalue weighted by Crippen LogP contribution is 2.19. The number of piperazine rings is 1. The summed E-state index contributed by atoms with van der Waals surface area (Å²) < 4.78 is 10.3. The number of nitrogens with zero attached hydrogens (tertiary/aromatic N) is 5. The van der Waals surface area contributed by atoms with E-state index in [1.165, 1.54) is 0 Å². The van der Waals surface area contributed by atoms with E-state index in [0.717, 1.165) is 5.69 Å². The van der Waals surface area contributed by atoms with Crippen molar-refractivity contribution in [2.45, 2.75) is 20.3 Å². The topological polar surface area (TPSA) is 84.6 Å². The van der Waals surface area contributed by atoms with Gasteiger partial charge in [0.2, 0.25) is 11.8 Å². The average molecular weight is 331 g/mol. The Kier molecular flexibility index (Phi) is 4.64. The summed E-state index contributed by atoms with van der Waals surface area (Å²) in [5.41, 5.74) is 1.32. The monoisotopic (exact) mass is 331 g/mol. The average Bonchev–Trinajstić information content (AvgIpc) is 3.02. The van der Waals surface area contributed by atoms with Gasteiger partial charge in [0, 0.05) is 38.4 Å². The minimum Gasteiger partial charge on any atom is -0.481 e. The van der Waals surface area contributed by atoms with Crippen LogP contribution in [-0.2, 0) is 6.42 Å². The van der Waals surface area contributed by atoms with E-state index in [9.17, 15) is 4.79 Å². The molecule has 8 heteroatoms. The van der Waals surface area contributed by atoms with Gasteiger partial charge in [-0.15, -0.1) is 0 Å². The van der Waals surface area contributed by atoms with Gasteiger partial charge < -0.3 is 19.1 Å². The lowest BCUT2D eigenvalue weighted by atomic mass is 10.1. The van der Waals surface area contributed by atoms with Crippen molar-refractivity contribution in [2.24, 2.45) is 0 Å². The van der Waals surface area contributed by atoms with E-state index >= 15 is 0 Å². The molecule has 1 aliphatic heterocycles. The lowest BCUT2D eigenvalue weighted by Crippen LogP contribution is -2.49. The van der Waals surface area contributed by atoms with Gasteiger partial charge in [0.25, 0.3) is 5.91 Å². The molecule has 0 bridgehead atoms. The fourth-order valence-corrected chi connectivity index (χ4v) is 2.80. The summed E-state index contributed by atoms with van der Waals surface area (Å²) in [7, 11) is 1.58. The fourth-order valence-electron chi connectivity index (χ4n) is 2.80.